The molecule has 6 nitrogen and oxygen atoms in total. The van der Waals surface area contributed by atoms with Crippen LogP contribution in [-0.4, -0.2) is 26.8 Å². The number of pyridine rings is 1. The Morgan fingerprint density at radius 1 is 1.28 bits per heavy atom. The van der Waals surface area contributed by atoms with Crippen molar-refractivity contribution in [1.82, 2.24) is 9.88 Å². The fraction of sp³-hybridized carbons (Fsp3) is 0.208. The summed E-state index contributed by atoms with van der Waals surface area (Å²) in [4.78, 5) is 31.9. The lowest BCUT2D eigenvalue weighted by atomic mass is 9.98. The molecule has 1 heterocycles. The molecule has 164 valence electrons. The zero-order valence-corrected chi connectivity index (χ0v) is 18.0. The zero-order chi connectivity index (χ0) is 23.0. The summed E-state index contributed by atoms with van der Waals surface area (Å²) in [5, 5.41) is 10.6. The van der Waals surface area contributed by atoms with Crippen LogP contribution in [0.4, 0.5) is 4.39 Å². The molecule has 0 saturated carbocycles. The van der Waals surface area contributed by atoms with Crippen LogP contribution in [-0.2, 0) is 11.2 Å². The van der Waals surface area contributed by atoms with Crippen LogP contribution in [0.25, 0.3) is 0 Å². The van der Waals surface area contributed by atoms with Crippen LogP contribution >= 0.6 is 11.6 Å². The highest BCUT2D eigenvalue weighted by atomic mass is 35.5. The number of carbonyl (C=O) groups excluding carboxylic acids is 2. The predicted molar refractivity (Wildman–Crippen MR) is 118 cm³/mol. The standard InChI is InChI=1S/C24H21ClFN3O3/c1-13-4-7-21(30)18(9-13)24(32)29(22(23(27)31)14-3-2-8-28-12-14)20-6-5-16-17(20)10-15(25)11-19(16)26/h2-4,7-12,20,22,30H,5-6H2,1H3,(H2,27,31)/t20-,22-/m1/s1. The lowest BCUT2D eigenvalue weighted by Crippen LogP contribution is -2.43. The number of hydrogen-bond acceptors (Lipinski definition) is 4. The van der Waals surface area contributed by atoms with Crippen LogP contribution in [0.15, 0.2) is 54.9 Å². The van der Waals surface area contributed by atoms with Crippen LogP contribution in [0.1, 0.15) is 51.1 Å². The van der Waals surface area contributed by atoms with E-state index in [2.05, 4.69) is 4.98 Å². The van der Waals surface area contributed by atoms with Gasteiger partial charge in [0.15, 0.2) is 0 Å². The van der Waals surface area contributed by atoms with E-state index in [1.165, 1.54) is 23.2 Å². The lowest BCUT2D eigenvalue weighted by molar-refractivity contribution is -0.123. The first-order valence-electron chi connectivity index (χ1n) is 10.1. The van der Waals surface area contributed by atoms with E-state index in [0.29, 0.717) is 29.5 Å². The average Bonchev–Trinajstić information content (AvgIpc) is 3.17. The van der Waals surface area contributed by atoms with Gasteiger partial charge in [-0.1, -0.05) is 29.3 Å². The van der Waals surface area contributed by atoms with Gasteiger partial charge in [0.1, 0.15) is 17.6 Å². The number of nitrogens with two attached hydrogens (primary N) is 1. The first-order valence-corrected chi connectivity index (χ1v) is 10.4. The summed E-state index contributed by atoms with van der Waals surface area (Å²) in [7, 11) is 0. The highest BCUT2D eigenvalue weighted by Crippen LogP contribution is 2.43. The Hall–Kier alpha value is -3.45. The number of halogens is 2. The van der Waals surface area contributed by atoms with Crippen molar-refractivity contribution in [2.45, 2.75) is 31.8 Å². The molecule has 8 heteroatoms. The van der Waals surface area contributed by atoms with Gasteiger partial charge in [-0.3, -0.25) is 14.6 Å². The molecular weight excluding hydrogens is 433 g/mol. The van der Waals surface area contributed by atoms with E-state index in [9.17, 15) is 19.1 Å². The number of amides is 2. The quantitative estimate of drug-likeness (QED) is 0.603. The van der Waals surface area contributed by atoms with Crippen LogP contribution < -0.4 is 5.73 Å². The summed E-state index contributed by atoms with van der Waals surface area (Å²) in [5.74, 6) is -2.06. The number of aryl methyl sites for hydroxylation is 1. The van der Waals surface area contributed by atoms with Gasteiger partial charge in [0, 0.05) is 23.0 Å². The normalized spacial score (nSPS) is 15.8. The average molecular weight is 454 g/mol. The molecule has 3 N–H and O–H groups in total. The Kier molecular flexibility index (Phi) is 5.84. The highest BCUT2D eigenvalue weighted by molar-refractivity contribution is 6.30. The van der Waals surface area contributed by atoms with Crippen molar-refractivity contribution >= 4 is 23.4 Å². The summed E-state index contributed by atoms with van der Waals surface area (Å²) >= 11 is 6.12. The molecule has 4 rings (SSSR count). The van der Waals surface area contributed by atoms with Crippen molar-refractivity contribution in [1.29, 1.82) is 0 Å². The van der Waals surface area contributed by atoms with E-state index in [0.717, 1.165) is 5.56 Å². The molecule has 0 saturated heterocycles. The zero-order valence-electron chi connectivity index (χ0n) is 17.3. The number of aromatic nitrogens is 1. The fourth-order valence-corrected chi connectivity index (χ4v) is 4.52. The molecule has 1 aliphatic carbocycles. The maximum absolute atomic E-state index is 14.6. The van der Waals surface area contributed by atoms with Crippen molar-refractivity contribution in [3.05, 3.63) is 93.5 Å². The summed E-state index contributed by atoms with van der Waals surface area (Å²) in [6.07, 6.45) is 3.74. The smallest absolute Gasteiger partial charge is 0.259 e. The maximum Gasteiger partial charge on any atom is 0.259 e. The molecular formula is C24H21ClFN3O3. The van der Waals surface area contributed by atoms with E-state index in [4.69, 9.17) is 17.3 Å². The number of rotatable bonds is 5. The number of carbonyl (C=O) groups is 2. The van der Waals surface area contributed by atoms with Crippen molar-refractivity contribution in [2.24, 2.45) is 5.73 Å². The molecule has 0 aliphatic heterocycles. The van der Waals surface area contributed by atoms with Crippen LogP contribution in [0.5, 0.6) is 5.75 Å². The highest BCUT2D eigenvalue weighted by Gasteiger charge is 2.41. The molecule has 1 aromatic heterocycles. The Labute approximate surface area is 189 Å². The van der Waals surface area contributed by atoms with Gasteiger partial charge in [0.25, 0.3) is 5.91 Å². The topological polar surface area (TPSA) is 96.5 Å². The molecule has 32 heavy (non-hydrogen) atoms. The van der Waals surface area contributed by atoms with Gasteiger partial charge in [-0.05, 0) is 61.2 Å². The van der Waals surface area contributed by atoms with Gasteiger partial charge >= 0.3 is 0 Å². The monoisotopic (exact) mass is 453 g/mol. The second kappa shape index (κ2) is 8.59. The van der Waals surface area contributed by atoms with Gasteiger partial charge in [0.2, 0.25) is 5.91 Å². The van der Waals surface area contributed by atoms with E-state index in [-0.39, 0.29) is 16.3 Å². The van der Waals surface area contributed by atoms with Crippen molar-refractivity contribution in [3.63, 3.8) is 0 Å². The molecule has 3 aromatic rings. The van der Waals surface area contributed by atoms with E-state index in [1.807, 2.05) is 0 Å². The third-order valence-corrected chi connectivity index (χ3v) is 5.94. The predicted octanol–water partition coefficient (Wildman–Crippen LogP) is 4.24. The minimum absolute atomic E-state index is 0.0242. The summed E-state index contributed by atoms with van der Waals surface area (Å²) in [5.41, 5.74) is 7.93. The van der Waals surface area contributed by atoms with E-state index in [1.54, 1.807) is 43.5 Å². The number of phenolic OH excluding ortho intramolecular Hbond substituents is 1. The van der Waals surface area contributed by atoms with Gasteiger partial charge in [-0.25, -0.2) is 4.39 Å². The third-order valence-electron chi connectivity index (χ3n) is 5.72. The first-order chi connectivity index (χ1) is 15.3. The second-order valence-corrected chi connectivity index (χ2v) is 8.27. The second-order valence-electron chi connectivity index (χ2n) is 7.83. The van der Waals surface area contributed by atoms with Crippen molar-refractivity contribution in [2.75, 3.05) is 0 Å². The van der Waals surface area contributed by atoms with Crippen LogP contribution in [0, 0.1) is 12.7 Å². The maximum atomic E-state index is 14.6. The Bertz CT molecular complexity index is 1200. The number of phenols is 1. The molecule has 0 radical (unpaired) electrons. The number of hydrogen-bond donors (Lipinski definition) is 2. The third kappa shape index (κ3) is 3.91. The molecule has 2 atom stereocenters. The number of primary amides is 1. The molecule has 0 bridgehead atoms. The molecule has 2 aromatic carbocycles. The molecule has 0 spiro atoms. The molecule has 1 aliphatic rings. The lowest BCUT2D eigenvalue weighted by Gasteiger charge is -2.36. The van der Waals surface area contributed by atoms with Crippen LogP contribution in [0.2, 0.25) is 5.02 Å². The van der Waals surface area contributed by atoms with Gasteiger partial charge < -0.3 is 15.7 Å². The van der Waals surface area contributed by atoms with Crippen molar-refractivity contribution in [3.8, 4) is 5.75 Å². The number of nitrogens with zero attached hydrogens (tertiary/aromatic N) is 2. The Morgan fingerprint density at radius 2 is 2.06 bits per heavy atom. The largest absolute Gasteiger partial charge is 0.507 e. The van der Waals surface area contributed by atoms with Crippen LogP contribution in [0.3, 0.4) is 0 Å². The molecule has 0 unspecified atom stereocenters. The minimum Gasteiger partial charge on any atom is -0.507 e. The van der Waals surface area contributed by atoms with Gasteiger partial charge in [-0.2, -0.15) is 0 Å². The number of aromatic hydroxyl groups is 1. The van der Waals surface area contributed by atoms with Gasteiger partial charge in [-0.15, -0.1) is 0 Å². The SMILES string of the molecule is Cc1ccc(O)c(C(=O)N([C@@H]2CCc3c(F)cc(Cl)cc32)[C@@H](C(N)=O)c2cccnc2)c1. The Morgan fingerprint density at radius 3 is 2.75 bits per heavy atom. The summed E-state index contributed by atoms with van der Waals surface area (Å²) in [6.45, 7) is 1.78. The number of fused-ring (bicyclic) bond motifs is 1. The van der Waals surface area contributed by atoms with E-state index >= 15 is 0 Å². The molecule has 2 amide bonds. The summed E-state index contributed by atoms with van der Waals surface area (Å²) < 4.78 is 14.6. The van der Waals surface area contributed by atoms with Gasteiger partial charge in [0.05, 0.1) is 11.6 Å². The van der Waals surface area contributed by atoms with Crippen molar-refractivity contribution < 1.29 is 19.1 Å². The first kappa shape index (κ1) is 21.8. The molecule has 0 fully saturated rings. The fourth-order valence-electron chi connectivity index (χ4n) is 4.31. The number of benzene rings is 2. The van der Waals surface area contributed by atoms with E-state index < -0.39 is 29.7 Å². The minimum atomic E-state index is -1.19. The Balaban J connectivity index is 1.91. The summed E-state index contributed by atoms with van der Waals surface area (Å²) in [6, 6.07) is 8.89.